The number of thiophene rings is 1. The summed E-state index contributed by atoms with van der Waals surface area (Å²) in [7, 11) is 1.62. The maximum Gasteiger partial charge on any atom is 0.129 e. The molecule has 0 fully saturated rings. The minimum atomic E-state index is -0.307. The van der Waals surface area contributed by atoms with E-state index in [1.165, 1.54) is 11.3 Å². The summed E-state index contributed by atoms with van der Waals surface area (Å²) in [5, 5.41) is 2.60. The van der Waals surface area contributed by atoms with Crippen LogP contribution in [0.15, 0.2) is 28.0 Å². The summed E-state index contributed by atoms with van der Waals surface area (Å²) in [4.78, 5) is 0.917. The Kier molecular flexibility index (Phi) is 3.66. The van der Waals surface area contributed by atoms with Crippen LogP contribution in [0.1, 0.15) is 22.4 Å². The highest BCUT2D eigenvalue weighted by molar-refractivity contribution is 7.10. The van der Waals surface area contributed by atoms with E-state index in [1.54, 1.807) is 7.11 Å². The number of rotatable bonds is 4. The maximum atomic E-state index is 6.06. The minimum absolute atomic E-state index is 0.307. The third-order valence-electron chi connectivity index (χ3n) is 2.20. The zero-order valence-electron chi connectivity index (χ0n) is 8.77. The van der Waals surface area contributed by atoms with Crippen molar-refractivity contribution in [2.45, 2.75) is 12.6 Å². The SMILES string of the molecule is COCc1ccc(C(N)c2sccc2Cl)o1. The topological polar surface area (TPSA) is 48.4 Å². The molecule has 0 amide bonds. The van der Waals surface area contributed by atoms with Gasteiger partial charge in [-0.3, -0.25) is 0 Å². The van der Waals surface area contributed by atoms with Gasteiger partial charge in [0.1, 0.15) is 18.1 Å². The number of nitrogens with two attached hydrogens (primary N) is 1. The molecule has 0 bridgehead atoms. The van der Waals surface area contributed by atoms with Gasteiger partial charge in [-0.2, -0.15) is 0 Å². The first kappa shape index (κ1) is 11.7. The molecule has 0 aromatic carbocycles. The molecular formula is C11H12ClNO2S. The molecule has 16 heavy (non-hydrogen) atoms. The molecule has 0 aliphatic rings. The van der Waals surface area contributed by atoms with E-state index in [1.807, 2.05) is 23.6 Å². The predicted octanol–water partition coefficient (Wildman–Crippen LogP) is 3.19. The van der Waals surface area contributed by atoms with Gasteiger partial charge in [-0.05, 0) is 23.6 Å². The van der Waals surface area contributed by atoms with Crippen molar-refractivity contribution in [3.63, 3.8) is 0 Å². The van der Waals surface area contributed by atoms with Crippen molar-refractivity contribution in [2.24, 2.45) is 5.73 Å². The lowest BCUT2D eigenvalue weighted by molar-refractivity contribution is 0.162. The first-order chi connectivity index (χ1) is 7.72. The second-order valence-corrected chi connectivity index (χ2v) is 4.70. The predicted molar refractivity (Wildman–Crippen MR) is 64.8 cm³/mol. The fraction of sp³-hybridized carbons (Fsp3) is 0.273. The number of furan rings is 1. The van der Waals surface area contributed by atoms with Crippen LogP contribution in [0.25, 0.3) is 0 Å². The second-order valence-electron chi connectivity index (χ2n) is 3.35. The number of hydrogen-bond acceptors (Lipinski definition) is 4. The summed E-state index contributed by atoms with van der Waals surface area (Å²) < 4.78 is 10.5. The van der Waals surface area contributed by atoms with Gasteiger partial charge in [-0.25, -0.2) is 0 Å². The average Bonchev–Trinajstić information content (AvgIpc) is 2.87. The van der Waals surface area contributed by atoms with E-state index in [0.29, 0.717) is 17.4 Å². The molecule has 5 heteroatoms. The van der Waals surface area contributed by atoms with Crippen molar-refractivity contribution in [2.75, 3.05) is 7.11 Å². The van der Waals surface area contributed by atoms with Crippen LogP contribution in [-0.2, 0) is 11.3 Å². The summed E-state index contributed by atoms with van der Waals surface area (Å²) in [6.07, 6.45) is 0. The lowest BCUT2D eigenvalue weighted by atomic mass is 10.2. The fourth-order valence-corrected chi connectivity index (χ4v) is 2.62. The van der Waals surface area contributed by atoms with Crippen molar-refractivity contribution in [3.8, 4) is 0 Å². The van der Waals surface area contributed by atoms with Gasteiger partial charge in [0.25, 0.3) is 0 Å². The normalized spacial score (nSPS) is 12.9. The third-order valence-corrected chi connectivity index (χ3v) is 3.64. The smallest absolute Gasteiger partial charge is 0.129 e. The van der Waals surface area contributed by atoms with Gasteiger partial charge in [0.15, 0.2) is 0 Å². The van der Waals surface area contributed by atoms with E-state index < -0.39 is 0 Å². The summed E-state index contributed by atoms with van der Waals surface area (Å²) >= 11 is 7.54. The molecular weight excluding hydrogens is 246 g/mol. The number of halogens is 1. The zero-order valence-corrected chi connectivity index (χ0v) is 10.3. The molecule has 0 aliphatic heterocycles. The quantitative estimate of drug-likeness (QED) is 0.915. The molecule has 2 heterocycles. The van der Waals surface area contributed by atoms with E-state index in [0.717, 1.165) is 10.6 Å². The fourth-order valence-electron chi connectivity index (χ4n) is 1.44. The van der Waals surface area contributed by atoms with Crippen molar-refractivity contribution in [1.29, 1.82) is 0 Å². The van der Waals surface area contributed by atoms with Gasteiger partial charge in [0.2, 0.25) is 0 Å². The highest BCUT2D eigenvalue weighted by atomic mass is 35.5. The summed E-state index contributed by atoms with van der Waals surface area (Å²) in [6, 6.07) is 5.24. The molecule has 0 radical (unpaired) electrons. The van der Waals surface area contributed by atoms with Crippen LogP contribution >= 0.6 is 22.9 Å². The van der Waals surface area contributed by atoms with Crippen LogP contribution in [0.2, 0.25) is 5.02 Å². The molecule has 3 nitrogen and oxygen atoms in total. The van der Waals surface area contributed by atoms with Crippen LogP contribution in [0.3, 0.4) is 0 Å². The first-order valence-electron chi connectivity index (χ1n) is 4.78. The Hall–Kier alpha value is -0.810. The molecule has 2 aromatic heterocycles. The Balaban J connectivity index is 2.20. The largest absolute Gasteiger partial charge is 0.462 e. The molecule has 0 saturated heterocycles. The number of hydrogen-bond donors (Lipinski definition) is 1. The van der Waals surface area contributed by atoms with Crippen LogP contribution in [0.4, 0.5) is 0 Å². The van der Waals surface area contributed by atoms with Gasteiger partial charge in [0, 0.05) is 12.0 Å². The summed E-state index contributed by atoms with van der Waals surface area (Å²) in [6.45, 7) is 0.449. The average molecular weight is 258 g/mol. The number of ether oxygens (including phenoxy) is 1. The molecule has 0 saturated carbocycles. The van der Waals surface area contributed by atoms with E-state index in [-0.39, 0.29) is 6.04 Å². The van der Waals surface area contributed by atoms with Gasteiger partial charge in [-0.1, -0.05) is 11.6 Å². The van der Waals surface area contributed by atoms with E-state index in [4.69, 9.17) is 26.5 Å². The lowest BCUT2D eigenvalue weighted by Gasteiger charge is -2.06. The maximum absolute atomic E-state index is 6.06. The van der Waals surface area contributed by atoms with Crippen LogP contribution in [-0.4, -0.2) is 7.11 Å². The standard InChI is InChI=1S/C11H12ClNO2S/c1-14-6-7-2-3-9(15-7)10(13)11-8(12)4-5-16-11/h2-5,10H,6,13H2,1H3. The Bertz CT molecular complexity index is 466. The minimum Gasteiger partial charge on any atom is -0.462 e. The van der Waals surface area contributed by atoms with Gasteiger partial charge >= 0.3 is 0 Å². The van der Waals surface area contributed by atoms with Crippen molar-refractivity contribution in [1.82, 2.24) is 0 Å². The van der Waals surface area contributed by atoms with Crippen LogP contribution in [0, 0.1) is 0 Å². The second kappa shape index (κ2) is 5.01. The summed E-state index contributed by atoms with van der Waals surface area (Å²) in [5.74, 6) is 1.47. The van der Waals surface area contributed by atoms with Gasteiger partial charge in [-0.15, -0.1) is 11.3 Å². The van der Waals surface area contributed by atoms with Gasteiger partial charge < -0.3 is 14.9 Å². The van der Waals surface area contributed by atoms with E-state index in [2.05, 4.69) is 0 Å². The first-order valence-corrected chi connectivity index (χ1v) is 6.04. The Morgan fingerprint density at radius 1 is 1.50 bits per heavy atom. The monoisotopic (exact) mass is 257 g/mol. The van der Waals surface area contributed by atoms with Crippen molar-refractivity contribution in [3.05, 3.63) is 45.0 Å². The highest BCUT2D eigenvalue weighted by Gasteiger charge is 2.17. The van der Waals surface area contributed by atoms with Crippen molar-refractivity contribution >= 4 is 22.9 Å². The Morgan fingerprint density at radius 2 is 2.31 bits per heavy atom. The molecule has 2 rings (SSSR count). The molecule has 86 valence electrons. The lowest BCUT2D eigenvalue weighted by Crippen LogP contribution is -2.09. The molecule has 2 aromatic rings. The highest BCUT2D eigenvalue weighted by Crippen LogP contribution is 2.31. The molecule has 2 N–H and O–H groups in total. The Morgan fingerprint density at radius 3 is 2.94 bits per heavy atom. The van der Waals surface area contributed by atoms with Crippen LogP contribution < -0.4 is 5.73 Å². The molecule has 0 spiro atoms. The molecule has 1 atom stereocenters. The molecule has 1 unspecified atom stereocenters. The number of methoxy groups -OCH3 is 1. The van der Waals surface area contributed by atoms with Gasteiger partial charge in [0.05, 0.1) is 11.1 Å². The molecule has 0 aliphatic carbocycles. The zero-order chi connectivity index (χ0) is 11.5. The van der Waals surface area contributed by atoms with E-state index in [9.17, 15) is 0 Å². The Labute approximate surface area is 103 Å². The van der Waals surface area contributed by atoms with Crippen molar-refractivity contribution < 1.29 is 9.15 Å². The third kappa shape index (κ3) is 2.30. The van der Waals surface area contributed by atoms with E-state index >= 15 is 0 Å². The summed E-state index contributed by atoms with van der Waals surface area (Å²) in [5.41, 5.74) is 6.06. The van der Waals surface area contributed by atoms with Crippen LogP contribution in [0.5, 0.6) is 0 Å².